The van der Waals surface area contributed by atoms with E-state index in [1.165, 1.54) is 7.05 Å². The van der Waals surface area contributed by atoms with Gasteiger partial charge >= 0.3 is 6.18 Å². The van der Waals surface area contributed by atoms with Crippen LogP contribution in [0.2, 0.25) is 0 Å². The molecular weight excluding hydrogens is 473 g/mol. The molecule has 36 heavy (non-hydrogen) atoms. The third-order valence-corrected chi connectivity index (χ3v) is 5.54. The number of anilines is 1. The summed E-state index contributed by atoms with van der Waals surface area (Å²) in [7, 11) is 3.16. The molecule has 0 aliphatic carbocycles. The minimum Gasteiger partial charge on any atom is -0.383 e. The van der Waals surface area contributed by atoms with Crippen molar-refractivity contribution < 1.29 is 18.0 Å². The molecule has 3 heterocycles. The fourth-order valence-corrected chi connectivity index (χ4v) is 3.61. The Morgan fingerprint density at radius 3 is 2.69 bits per heavy atom. The molecule has 3 aromatic rings. The summed E-state index contributed by atoms with van der Waals surface area (Å²) in [5.74, 6) is 0.132. The van der Waals surface area contributed by atoms with Gasteiger partial charge in [0.2, 0.25) is 0 Å². The first-order valence-corrected chi connectivity index (χ1v) is 11.0. The predicted octanol–water partition coefficient (Wildman–Crippen LogP) is 3.98. The number of hydrogen-bond acceptors (Lipinski definition) is 6. The Hall–Kier alpha value is -4.35. The summed E-state index contributed by atoms with van der Waals surface area (Å²) >= 11 is 0. The van der Waals surface area contributed by atoms with Crippen molar-refractivity contribution in [3.05, 3.63) is 83.8 Å². The normalized spacial score (nSPS) is 14.5. The van der Waals surface area contributed by atoms with Crippen LogP contribution >= 0.6 is 0 Å². The van der Waals surface area contributed by atoms with E-state index in [1.807, 2.05) is 32.4 Å². The van der Waals surface area contributed by atoms with Crippen LogP contribution in [0.5, 0.6) is 0 Å². The first-order valence-electron chi connectivity index (χ1n) is 11.0. The number of aliphatic imine (C=N–C) groups is 1. The van der Waals surface area contributed by atoms with Gasteiger partial charge in [-0.05, 0) is 30.2 Å². The highest BCUT2D eigenvalue weighted by atomic mass is 19.4. The molecule has 2 aromatic heterocycles. The van der Waals surface area contributed by atoms with Crippen LogP contribution in [0.15, 0.2) is 66.3 Å². The van der Waals surface area contributed by atoms with Crippen LogP contribution in [0.3, 0.4) is 0 Å². The summed E-state index contributed by atoms with van der Waals surface area (Å²) in [5.41, 5.74) is 2.14. The van der Waals surface area contributed by atoms with Crippen molar-refractivity contribution >= 4 is 23.0 Å². The van der Waals surface area contributed by atoms with Crippen LogP contribution in [0.1, 0.15) is 46.7 Å². The van der Waals surface area contributed by atoms with Crippen molar-refractivity contribution in [2.24, 2.45) is 19.1 Å². The lowest BCUT2D eigenvalue weighted by molar-refractivity contribution is -0.141. The van der Waals surface area contributed by atoms with Gasteiger partial charge in [-0.1, -0.05) is 12.1 Å². The van der Waals surface area contributed by atoms with E-state index in [1.54, 1.807) is 41.5 Å². The molecule has 3 N–H and O–H groups in total. The zero-order valence-electron chi connectivity index (χ0n) is 19.8. The average molecular weight is 499 g/mol. The Kier molecular flexibility index (Phi) is 6.95. The molecule has 1 aliphatic rings. The first-order chi connectivity index (χ1) is 17.1. The maximum atomic E-state index is 12.9. The minimum absolute atomic E-state index is 0.108. The van der Waals surface area contributed by atoms with Gasteiger partial charge in [0.25, 0.3) is 5.91 Å². The lowest BCUT2D eigenvalue weighted by Crippen LogP contribution is -2.18. The Morgan fingerprint density at radius 2 is 2.00 bits per heavy atom. The van der Waals surface area contributed by atoms with Gasteiger partial charge in [-0.15, -0.1) is 0 Å². The molecule has 9 nitrogen and oxygen atoms in total. The van der Waals surface area contributed by atoms with Crippen molar-refractivity contribution in [3.63, 3.8) is 0 Å². The van der Waals surface area contributed by atoms with Gasteiger partial charge in [0.1, 0.15) is 11.5 Å². The number of carbonyl (C=O) groups excluding carboxylic acids is 1. The van der Waals surface area contributed by atoms with E-state index in [-0.39, 0.29) is 11.7 Å². The fourth-order valence-electron chi connectivity index (χ4n) is 3.61. The number of alkyl halides is 3. The van der Waals surface area contributed by atoms with Crippen LogP contribution < -0.4 is 16.0 Å². The standard InChI is InChI=1S/C24H25F3N8O/c1-15(28-7-8-29-22-10-17(12-30-22)18-13-31-34(2)14-18)16-5-4-6-19(9-16)32-23(36)20-11-21(24(25,26)27)33-35(20)3/h4-9,11-15,28H,10H2,1-3H3,(H,29,30)(H,32,36). The van der Waals surface area contributed by atoms with Crippen molar-refractivity contribution in [2.75, 3.05) is 5.32 Å². The van der Waals surface area contributed by atoms with Crippen LogP contribution in [0.4, 0.5) is 18.9 Å². The highest BCUT2D eigenvalue weighted by Crippen LogP contribution is 2.28. The number of halogens is 3. The quantitative estimate of drug-likeness (QED) is 0.458. The van der Waals surface area contributed by atoms with Gasteiger partial charge in [-0.2, -0.15) is 23.4 Å². The highest BCUT2D eigenvalue weighted by Gasteiger charge is 2.35. The van der Waals surface area contributed by atoms with Crippen LogP contribution in [0.25, 0.3) is 5.57 Å². The molecule has 1 amide bonds. The predicted molar refractivity (Wildman–Crippen MR) is 130 cm³/mol. The molecular formula is C24H25F3N8O. The van der Waals surface area contributed by atoms with E-state index in [4.69, 9.17) is 0 Å². The molecule has 12 heteroatoms. The topological polar surface area (TPSA) is 101 Å². The summed E-state index contributed by atoms with van der Waals surface area (Å²) in [6, 6.07) is 7.68. The third kappa shape index (κ3) is 5.82. The van der Waals surface area contributed by atoms with E-state index in [2.05, 4.69) is 31.1 Å². The molecule has 0 radical (unpaired) electrons. The lowest BCUT2D eigenvalue weighted by Gasteiger charge is -2.14. The number of carbonyl (C=O) groups is 1. The lowest BCUT2D eigenvalue weighted by atomic mass is 10.1. The maximum absolute atomic E-state index is 12.9. The fraction of sp³-hybridized carbons (Fsp3) is 0.250. The van der Waals surface area contributed by atoms with E-state index < -0.39 is 17.8 Å². The number of rotatable bonds is 7. The number of amidine groups is 1. The first kappa shape index (κ1) is 24.8. The van der Waals surface area contributed by atoms with Crippen LogP contribution in [-0.4, -0.2) is 31.3 Å². The molecule has 1 atom stereocenters. The Balaban J connectivity index is 1.29. The van der Waals surface area contributed by atoms with E-state index in [9.17, 15) is 18.0 Å². The van der Waals surface area contributed by atoms with E-state index in [0.717, 1.165) is 33.3 Å². The maximum Gasteiger partial charge on any atom is 0.435 e. The SMILES string of the molecule is CC(NC=CNC1=NC=C(c2cnn(C)c2)C1)c1cccc(NC(=O)c2cc(C(F)(F)F)nn2C)c1. The van der Waals surface area contributed by atoms with Gasteiger partial charge < -0.3 is 16.0 Å². The summed E-state index contributed by atoms with van der Waals surface area (Å²) in [5, 5.41) is 16.6. The van der Waals surface area contributed by atoms with Gasteiger partial charge in [-0.25, -0.2) is 4.99 Å². The Morgan fingerprint density at radius 1 is 1.19 bits per heavy atom. The van der Waals surface area contributed by atoms with Gasteiger partial charge in [0.05, 0.1) is 6.20 Å². The summed E-state index contributed by atoms with van der Waals surface area (Å²) in [6.45, 7) is 1.94. The molecule has 1 unspecified atom stereocenters. The number of hydrogen-bond donors (Lipinski definition) is 3. The van der Waals surface area contributed by atoms with Crippen molar-refractivity contribution in [3.8, 4) is 0 Å². The number of amides is 1. The second-order valence-corrected chi connectivity index (χ2v) is 8.29. The van der Waals surface area contributed by atoms with Crippen molar-refractivity contribution in [1.82, 2.24) is 30.2 Å². The molecule has 0 spiro atoms. The molecule has 0 saturated heterocycles. The Bertz CT molecular complexity index is 1350. The molecule has 0 bridgehead atoms. The zero-order valence-corrected chi connectivity index (χ0v) is 19.8. The number of benzene rings is 1. The second kappa shape index (κ2) is 10.1. The molecule has 4 rings (SSSR count). The number of nitrogens with one attached hydrogen (secondary N) is 3. The summed E-state index contributed by atoms with van der Waals surface area (Å²) < 4.78 is 41.3. The van der Waals surface area contributed by atoms with Gasteiger partial charge in [0, 0.05) is 68.7 Å². The van der Waals surface area contributed by atoms with E-state index in [0.29, 0.717) is 12.1 Å². The number of nitrogens with zero attached hydrogens (tertiary/aromatic N) is 5. The molecule has 1 aliphatic heterocycles. The molecule has 1 aromatic carbocycles. The molecule has 0 fully saturated rings. The summed E-state index contributed by atoms with van der Waals surface area (Å²) in [6.07, 6.45) is 5.12. The number of aromatic nitrogens is 4. The Labute approximate surface area is 205 Å². The van der Waals surface area contributed by atoms with Crippen LogP contribution in [-0.2, 0) is 20.3 Å². The smallest absolute Gasteiger partial charge is 0.383 e. The molecule has 0 saturated carbocycles. The third-order valence-electron chi connectivity index (χ3n) is 5.54. The highest BCUT2D eigenvalue weighted by molar-refractivity contribution is 6.03. The van der Waals surface area contributed by atoms with Crippen molar-refractivity contribution in [1.29, 1.82) is 0 Å². The second-order valence-electron chi connectivity index (χ2n) is 8.29. The summed E-state index contributed by atoms with van der Waals surface area (Å²) in [4.78, 5) is 16.9. The zero-order chi connectivity index (χ0) is 25.9. The van der Waals surface area contributed by atoms with E-state index >= 15 is 0 Å². The average Bonchev–Trinajstić information content (AvgIpc) is 3.56. The largest absolute Gasteiger partial charge is 0.435 e. The van der Waals surface area contributed by atoms with Gasteiger partial charge in [-0.3, -0.25) is 14.2 Å². The molecule has 188 valence electrons. The minimum atomic E-state index is -4.62. The number of aryl methyl sites for hydroxylation is 2. The van der Waals surface area contributed by atoms with Crippen molar-refractivity contribution in [2.45, 2.75) is 25.6 Å². The van der Waals surface area contributed by atoms with Crippen LogP contribution in [0, 0.1) is 0 Å². The van der Waals surface area contributed by atoms with Gasteiger partial charge in [0.15, 0.2) is 5.69 Å². The monoisotopic (exact) mass is 498 g/mol.